The average Bonchev–Trinajstić information content (AvgIpc) is 3.39. The third-order valence-electron chi connectivity index (χ3n) is 5.19. The Kier molecular flexibility index (Phi) is 7.28. The van der Waals surface area contributed by atoms with E-state index in [0.29, 0.717) is 32.5 Å². The summed E-state index contributed by atoms with van der Waals surface area (Å²) < 4.78 is 18.0. The van der Waals surface area contributed by atoms with Crippen LogP contribution in [-0.2, 0) is 0 Å². The van der Waals surface area contributed by atoms with Gasteiger partial charge in [-0.1, -0.05) is 23.2 Å². The highest BCUT2D eigenvalue weighted by atomic mass is 35.5. The van der Waals surface area contributed by atoms with E-state index in [2.05, 4.69) is 30.1 Å². The zero-order valence-corrected chi connectivity index (χ0v) is 20.2. The molecule has 0 saturated carbocycles. The topological polar surface area (TPSA) is 55.5 Å². The Morgan fingerprint density at radius 1 is 1.29 bits per heavy atom. The molecule has 2 aliphatic rings. The molecular formula is C20H23Cl2FN6S2. The minimum Gasteiger partial charge on any atom is -0.367 e. The van der Waals surface area contributed by atoms with Crippen molar-refractivity contribution < 1.29 is 4.39 Å². The van der Waals surface area contributed by atoms with Crippen molar-refractivity contribution in [3.8, 4) is 0 Å². The van der Waals surface area contributed by atoms with Crippen LogP contribution >= 0.6 is 46.9 Å². The van der Waals surface area contributed by atoms with Crippen molar-refractivity contribution in [2.45, 2.75) is 17.4 Å². The number of thioether (sulfide) groups is 1. The summed E-state index contributed by atoms with van der Waals surface area (Å²) in [5.74, 6) is 2.03. The number of nitrogens with zero attached hydrogens (tertiary/aromatic N) is 3. The van der Waals surface area contributed by atoms with E-state index in [4.69, 9.17) is 23.2 Å². The number of nitrogens with one attached hydrogen (secondary N) is 3. The smallest absolute Gasteiger partial charge is 0.154 e. The van der Waals surface area contributed by atoms with Gasteiger partial charge in [0.1, 0.15) is 11.6 Å². The lowest BCUT2D eigenvalue weighted by atomic mass is 10.2. The van der Waals surface area contributed by atoms with Gasteiger partial charge in [0.25, 0.3) is 0 Å². The Bertz CT molecular complexity index is 992. The molecule has 166 valence electrons. The lowest BCUT2D eigenvalue weighted by molar-refractivity contribution is 0.487. The summed E-state index contributed by atoms with van der Waals surface area (Å²) in [6.07, 6.45) is 2.60. The molecule has 2 aromatic rings. The second kappa shape index (κ2) is 9.95. The number of benzene rings is 1. The molecule has 0 bridgehead atoms. The number of hydrogen-bond acceptors (Lipinski definition) is 8. The molecule has 1 atom stereocenters. The molecule has 1 aromatic heterocycles. The summed E-state index contributed by atoms with van der Waals surface area (Å²) in [6.45, 7) is 1.73. The molecule has 0 radical (unpaired) electrons. The van der Waals surface area contributed by atoms with Crippen molar-refractivity contribution in [2.24, 2.45) is 0 Å². The van der Waals surface area contributed by atoms with E-state index in [1.54, 1.807) is 24.0 Å². The molecule has 3 heterocycles. The molecule has 3 N–H and O–H groups in total. The van der Waals surface area contributed by atoms with Crippen LogP contribution in [0.1, 0.15) is 6.42 Å². The minimum atomic E-state index is -0.370. The van der Waals surface area contributed by atoms with Crippen LogP contribution in [0.5, 0.6) is 0 Å². The molecule has 1 unspecified atom stereocenters. The molecule has 6 nitrogen and oxygen atoms in total. The van der Waals surface area contributed by atoms with Crippen molar-refractivity contribution in [1.82, 2.24) is 19.9 Å². The normalized spacial score (nSPS) is 18.5. The third kappa shape index (κ3) is 5.28. The van der Waals surface area contributed by atoms with Gasteiger partial charge in [0.05, 0.1) is 32.2 Å². The Morgan fingerprint density at radius 3 is 2.84 bits per heavy atom. The standard InChI is InChI=1S/C20H23Cl2FN6S2/c1-24-13-3-4-29(9-13)17-5-12(21)8-25-20(17)26-16-7-15(23)18(6-14(16)22)31-27-19-10-30-11-28(19)2/h5-8,10,13,24,27H,3-4,9,11H2,1-2H3,(H,25,26). The van der Waals surface area contributed by atoms with Crippen LogP contribution < -0.4 is 20.3 Å². The Hall–Kier alpha value is -1.52. The van der Waals surface area contributed by atoms with E-state index in [1.165, 1.54) is 18.0 Å². The minimum absolute atomic E-state index is 0.370. The molecule has 4 rings (SSSR count). The first-order chi connectivity index (χ1) is 14.9. The lowest BCUT2D eigenvalue weighted by Gasteiger charge is -2.22. The largest absolute Gasteiger partial charge is 0.367 e. The van der Waals surface area contributed by atoms with Gasteiger partial charge >= 0.3 is 0 Å². The zero-order valence-electron chi connectivity index (χ0n) is 17.1. The molecule has 0 amide bonds. The average molecular weight is 501 g/mol. The second-order valence-electron chi connectivity index (χ2n) is 7.33. The highest BCUT2D eigenvalue weighted by Gasteiger charge is 2.24. The van der Waals surface area contributed by atoms with Gasteiger partial charge in [-0.3, -0.25) is 0 Å². The van der Waals surface area contributed by atoms with Crippen LogP contribution in [-0.4, -0.2) is 49.0 Å². The van der Waals surface area contributed by atoms with Gasteiger partial charge in [0.15, 0.2) is 5.82 Å². The third-order valence-corrected chi connectivity index (χ3v) is 7.48. The summed E-state index contributed by atoms with van der Waals surface area (Å²) in [6, 6.07) is 5.29. The van der Waals surface area contributed by atoms with Gasteiger partial charge in [-0.05, 0) is 37.5 Å². The summed E-state index contributed by atoms with van der Waals surface area (Å²) in [5, 5.41) is 9.46. The monoisotopic (exact) mass is 500 g/mol. The number of anilines is 3. The second-order valence-corrected chi connectivity index (χ2v) is 9.85. The number of halogens is 3. The maximum Gasteiger partial charge on any atom is 0.154 e. The van der Waals surface area contributed by atoms with E-state index in [0.717, 1.165) is 36.9 Å². The molecule has 2 aliphatic heterocycles. The zero-order chi connectivity index (χ0) is 22.0. The summed E-state index contributed by atoms with van der Waals surface area (Å²) in [7, 11) is 3.94. The Morgan fingerprint density at radius 2 is 2.13 bits per heavy atom. The van der Waals surface area contributed by atoms with Crippen LogP contribution in [0.25, 0.3) is 0 Å². The summed E-state index contributed by atoms with van der Waals surface area (Å²) >= 11 is 15.6. The van der Waals surface area contributed by atoms with Gasteiger partial charge in [-0.15, -0.1) is 11.8 Å². The molecule has 1 saturated heterocycles. The highest BCUT2D eigenvalue weighted by molar-refractivity contribution is 8.02. The fraction of sp³-hybridized carbons (Fsp3) is 0.350. The first-order valence-electron chi connectivity index (χ1n) is 9.74. The van der Waals surface area contributed by atoms with Gasteiger partial charge in [-0.2, -0.15) is 0 Å². The Labute approximate surface area is 200 Å². The summed E-state index contributed by atoms with van der Waals surface area (Å²) in [5.41, 5.74) is 1.33. The predicted octanol–water partition coefficient (Wildman–Crippen LogP) is 5.10. The van der Waals surface area contributed by atoms with Gasteiger partial charge in [-0.25, -0.2) is 9.37 Å². The van der Waals surface area contributed by atoms with Crippen LogP contribution in [0.15, 0.2) is 40.5 Å². The number of pyridine rings is 1. The SMILES string of the molecule is CNC1CCN(c2cc(Cl)cnc2Nc2cc(F)c(SNC3=CSCN3C)cc2Cl)C1. The van der Waals surface area contributed by atoms with E-state index >= 15 is 0 Å². The van der Waals surface area contributed by atoms with Gasteiger partial charge in [0, 0.05) is 43.9 Å². The van der Waals surface area contributed by atoms with E-state index < -0.39 is 0 Å². The molecule has 0 spiro atoms. The molecule has 0 aliphatic carbocycles. The molecule has 11 heteroatoms. The maximum absolute atomic E-state index is 14.8. The fourth-order valence-corrected chi connectivity index (χ4v) is 5.51. The molecular weight excluding hydrogens is 478 g/mol. The van der Waals surface area contributed by atoms with Crippen molar-refractivity contribution >= 4 is 64.1 Å². The molecule has 1 aromatic carbocycles. The van der Waals surface area contributed by atoms with Crippen LogP contribution in [0, 0.1) is 5.82 Å². The van der Waals surface area contributed by atoms with Crippen LogP contribution in [0.3, 0.4) is 0 Å². The fourth-order valence-electron chi connectivity index (χ4n) is 3.41. The van der Waals surface area contributed by atoms with Crippen LogP contribution in [0.4, 0.5) is 21.6 Å². The number of rotatable bonds is 7. The first kappa shape index (κ1) is 22.7. The van der Waals surface area contributed by atoms with Crippen molar-refractivity contribution in [3.63, 3.8) is 0 Å². The van der Waals surface area contributed by atoms with Crippen molar-refractivity contribution in [2.75, 3.05) is 43.3 Å². The molecule has 31 heavy (non-hydrogen) atoms. The number of likely N-dealkylation sites (N-methyl/N-ethyl adjacent to an activating group) is 1. The number of hydrogen-bond donors (Lipinski definition) is 3. The number of aromatic nitrogens is 1. The van der Waals surface area contributed by atoms with Gasteiger partial charge in [0.2, 0.25) is 0 Å². The predicted molar refractivity (Wildman–Crippen MR) is 131 cm³/mol. The van der Waals surface area contributed by atoms with E-state index in [9.17, 15) is 4.39 Å². The molecule has 1 fully saturated rings. The van der Waals surface area contributed by atoms with Crippen molar-refractivity contribution in [3.05, 3.63) is 51.5 Å². The van der Waals surface area contributed by atoms with Gasteiger partial charge < -0.3 is 25.2 Å². The highest BCUT2D eigenvalue weighted by Crippen LogP contribution is 2.36. The lowest BCUT2D eigenvalue weighted by Crippen LogP contribution is -2.29. The Balaban J connectivity index is 1.52. The van der Waals surface area contributed by atoms with E-state index in [-0.39, 0.29) is 5.82 Å². The maximum atomic E-state index is 14.8. The van der Waals surface area contributed by atoms with E-state index in [1.807, 2.05) is 25.6 Å². The quantitative estimate of drug-likeness (QED) is 0.453. The first-order valence-corrected chi connectivity index (χ1v) is 12.4. The van der Waals surface area contributed by atoms with Crippen molar-refractivity contribution in [1.29, 1.82) is 0 Å². The summed E-state index contributed by atoms with van der Waals surface area (Å²) in [4.78, 5) is 9.13. The van der Waals surface area contributed by atoms with Crippen LogP contribution in [0.2, 0.25) is 10.0 Å².